The molecule has 0 fully saturated rings. The highest BCUT2D eigenvalue weighted by molar-refractivity contribution is 7.96. The van der Waals surface area contributed by atoms with E-state index in [9.17, 15) is 0 Å². The van der Waals surface area contributed by atoms with Gasteiger partial charge >= 0.3 is 0 Å². The van der Waals surface area contributed by atoms with Crippen molar-refractivity contribution in [2.75, 3.05) is 38.1 Å². The third-order valence-electron chi connectivity index (χ3n) is 15.5. The zero-order valence-electron chi connectivity index (χ0n) is 44.8. The van der Waals surface area contributed by atoms with Crippen molar-refractivity contribution in [3.63, 3.8) is 0 Å². The summed E-state index contributed by atoms with van der Waals surface area (Å²) in [6, 6.07) is 86.4. The molecule has 0 spiro atoms. The minimum atomic E-state index is -2.20. The summed E-state index contributed by atoms with van der Waals surface area (Å²) in [5, 5.41) is 13.1. The predicted octanol–water partition coefficient (Wildman–Crippen LogP) is 13.0. The molecule has 0 aliphatic rings. The Morgan fingerprint density at radius 3 is 0.411 bits per heavy atom. The molecule has 0 radical (unpaired) electrons. The summed E-state index contributed by atoms with van der Waals surface area (Å²) < 4.78 is 0. The molecule has 73 heavy (non-hydrogen) atoms. The second-order valence-electron chi connectivity index (χ2n) is 21.0. The van der Waals surface area contributed by atoms with Gasteiger partial charge in [0.25, 0.3) is 0 Å². The summed E-state index contributed by atoms with van der Waals surface area (Å²) in [6.07, 6.45) is 3.08. The Kier molecular flexibility index (Phi) is 16.3. The molecule has 0 saturated carbocycles. The minimum Gasteiger partial charge on any atom is -0.292 e. The van der Waals surface area contributed by atoms with Gasteiger partial charge in [0.15, 0.2) is 0 Å². The Labute approximate surface area is 440 Å². The van der Waals surface area contributed by atoms with Crippen LogP contribution in [-0.4, -0.2) is 43.0 Å². The summed E-state index contributed by atoms with van der Waals surface area (Å²) in [6.45, 7) is 22.9. The molecule has 0 bridgehead atoms. The molecule has 0 aliphatic heterocycles. The Bertz CT molecular complexity index is 2510. The highest BCUT2D eigenvalue weighted by Gasteiger charge is 2.50. The van der Waals surface area contributed by atoms with Crippen LogP contribution in [0.25, 0.3) is 0 Å². The number of nitrogens with zero attached hydrogens (tertiary/aromatic N) is 1. The van der Waals surface area contributed by atoms with E-state index in [0.717, 1.165) is 38.1 Å². The first-order valence-corrected chi connectivity index (χ1v) is 32.2. The second kappa shape index (κ2) is 22.8. The third kappa shape index (κ3) is 11.2. The van der Waals surface area contributed by atoms with Crippen molar-refractivity contribution in [2.24, 2.45) is 0 Å². The average Bonchev–Trinajstić information content (AvgIpc) is 3.40. The van der Waals surface area contributed by atoms with Gasteiger partial charge in [-0.05, 0) is 172 Å². The number of benzene rings is 9. The van der Waals surface area contributed by atoms with Gasteiger partial charge in [-0.15, -0.1) is 0 Å². The van der Waals surface area contributed by atoms with E-state index in [1.807, 2.05) is 0 Å². The normalized spacial score (nSPS) is 12.1. The van der Waals surface area contributed by atoms with E-state index in [-0.39, 0.29) is 0 Å². The molecule has 0 aliphatic carbocycles. The summed E-state index contributed by atoms with van der Waals surface area (Å²) in [4.78, 5) is 2.93. The van der Waals surface area contributed by atoms with Crippen molar-refractivity contribution in [1.29, 1.82) is 0 Å². The Balaban J connectivity index is 1.25. The molecule has 0 saturated heterocycles. The lowest BCUT2D eigenvalue weighted by Gasteiger charge is -2.34. The molecular weight excluding hydrogens is 936 g/mol. The van der Waals surface area contributed by atoms with E-state index in [1.54, 1.807) is 0 Å². The number of hydrogen-bond donors (Lipinski definition) is 0. The minimum absolute atomic E-state index is 0.953. The lowest BCUT2D eigenvalue weighted by molar-refractivity contribution is 0.327. The lowest BCUT2D eigenvalue weighted by atomic mass is 10.2. The van der Waals surface area contributed by atoms with Crippen LogP contribution in [0.1, 0.15) is 50.1 Å². The Hall–Kier alpha value is -5.77. The van der Waals surface area contributed by atoms with Gasteiger partial charge in [-0.2, -0.15) is 0 Å². The topological polar surface area (TPSA) is 3.24 Å². The maximum Gasteiger partial charge on any atom is 0.113 e. The molecule has 4 heteroatoms. The maximum absolute atomic E-state index is 2.93. The molecule has 9 rings (SSSR count). The van der Waals surface area contributed by atoms with Crippen LogP contribution in [0, 0.1) is 62.3 Å². The monoisotopic (exact) mass is 1010 g/mol. The largest absolute Gasteiger partial charge is 0.292 e. The van der Waals surface area contributed by atoms with Crippen molar-refractivity contribution in [3.05, 3.63) is 268 Å². The van der Waals surface area contributed by atoms with E-state index in [2.05, 4.69) is 286 Å². The molecule has 0 unspecified atom stereocenters. The van der Waals surface area contributed by atoms with Gasteiger partial charge < -0.3 is 0 Å². The second-order valence-corrected chi connectivity index (χ2v) is 31.8. The summed E-state index contributed by atoms with van der Waals surface area (Å²) in [7, 11) is -6.60. The lowest BCUT2D eigenvalue weighted by Crippen LogP contribution is -2.43. The van der Waals surface area contributed by atoms with E-state index in [1.165, 1.54) is 97.8 Å². The van der Waals surface area contributed by atoms with Crippen LogP contribution in [-0.2, 0) is 0 Å². The smallest absolute Gasteiger partial charge is 0.113 e. The molecular formula is C69H75NP3+3. The number of hydrogen-bond acceptors (Lipinski definition) is 1. The SMILES string of the molecule is Cc1ccc([P+](CCN(CC[P+](c2ccc(C)cc2)(c2ccc(C)cc2)c2ccc(C)cc2)CC[P+](c2ccc(C)cc2)(c2ccc(C)cc2)c2ccc(C)cc2)(c2ccc(C)cc2)c2ccc(C)cc2)cc1. The maximum atomic E-state index is 2.93. The molecule has 0 N–H and O–H groups in total. The molecule has 0 atom stereocenters. The van der Waals surface area contributed by atoms with Gasteiger partial charge in [0.1, 0.15) is 69.5 Å². The van der Waals surface area contributed by atoms with Gasteiger partial charge in [0.05, 0.1) is 18.5 Å². The van der Waals surface area contributed by atoms with Gasteiger partial charge in [0, 0.05) is 19.6 Å². The van der Waals surface area contributed by atoms with Crippen molar-refractivity contribution in [3.8, 4) is 0 Å². The summed E-state index contributed by atoms with van der Waals surface area (Å²) in [5.41, 5.74) is 11.7. The number of aryl methyl sites for hydroxylation is 9. The van der Waals surface area contributed by atoms with E-state index in [0.29, 0.717) is 0 Å². The summed E-state index contributed by atoms with van der Waals surface area (Å²) in [5.74, 6) is 0. The van der Waals surface area contributed by atoms with Gasteiger partial charge in [-0.3, -0.25) is 4.90 Å². The molecule has 368 valence electrons. The van der Waals surface area contributed by atoms with Crippen LogP contribution in [0.15, 0.2) is 218 Å². The standard InChI is InChI=1S/C69H75NP3/c1-52-10-28-61(29-11-52)71(62-30-12-53(2)13-31-62,63-32-14-54(3)15-33-63)49-46-70(47-50-72(64-34-16-55(4)17-35-64,65-36-18-56(5)19-37-65)66-38-20-57(6)21-39-66)48-51-73(67-40-22-58(7)23-41-67,68-42-24-59(8)25-43-68)69-44-26-60(9)27-45-69/h10-45H,46-51H2,1-9H3/q+3. The third-order valence-corrected chi connectivity index (χ3v) is 28.8. The predicted molar refractivity (Wildman–Crippen MR) is 329 cm³/mol. The van der Waals surface area contributed by atoms with Crippen molar-refractivity contribution in [1.82, 2.24) is 4.90 Å². The van der Waals surface area contributed by atoms with Crippen molar-refractivity contribution in [2.45, 2.75) is 62.3 Å². The Morgan fingerprint density at radius 1 is 0.192 bits per heavy atom. The average molecular weight is 1010 g/mol. The molecule has 0 heterocycles. The fourth-order valence-electron chi connectivity index (χ4n) is 10.9. The first-order chi connectivity index (χ1) is 35.3. The van der Waals surface area contributed by atoms with Crippen molar-refractivity contribution >= 4 is 69.5 Å². The first kappa shape index (κ1) is 52.1. The van der Waals surface area contributed by atoms with Crippen molar-refractivity contribution < 1.29 is 0 Å². The van der Waals surface area contributed by atoms with Crippen LogP contribution in [0.2, 0.25) is 0 Å². The number of rotatable bonds is 18. The zero-order chi connectivity index (χ0) is 51.2. The van der Waals surface area contributed by atoms with Gasteiger partial charge in [-0.25, -0.2) is 0 Å². The van der Waals surface area contributed by atoms with Crippen LogP contribution < -0.4 is 47.7 Å². The highest BCUT2D eigenvalue weighted by Crippen LogP contribution is 2.59. The molecule has 9 aromatic carbocycles. The van der Waals surface area contributed by atoms with Crippen LogP contribution >= 0.6 is 21.8 Å². The quantitative estimate of drug-likeness (QED) is 0.0774. The Morgan fingerprint density at radius 2 is 0.301 bits per heavy atom. The van der Waals surface area contributed by atoms with Crippen LogP contribution in [0.4, 0.5) is 0 Å². The van der Waals surface area contributed by atoms with Gasteiger partial charge in [-0.1, -0.05) is 159 Å². The van der Waals surface area contributed by atoms with E-state index in [4.69, 9.17) is 0 Å². The molecule has 9 aromatic rings. The van der Waals surface area contributed by atoms with E-state index >= 15 is 0 Å². The van der Waals surface area contributed by atoms with Crippen LogP contribution in [0.5, 0.6) is 0 Å². The molecule has 0 aromatic heterocycles. The molecule has 0 amide bonds. The zero-order valence-corrected chi connectivity index (χ0v) is 47.5. The molecule has 1 nitrogen and oxygen atoms in total. The van der Waals surface area contributed by atoms with Gasteiger partial charge in [0.2, 0.25) is 0 Å². The van der Waals surface area contributed by atoms with E-state index < -0.39 is 21.8 Å². The summed E-state index contributed by atoms with van der Waals surface area (Å²) >= 11 is 0. The fraction of sp³-hybridized carbons (Fsp3) is 0.217. The first-order valence-electron chi connectivity index (χ1n) is 26.3. The highest BCUT2D eigenvalue weighted by atomic mass is 31.2. The fourth-order valence-corrected chi connectivity index (χ4v) is 23.6. The van der Waals surface area contributed by atoms with Crippen LogP contribution in [0.3, 0.4) is 0 Å².